The topological polar surface area (TPSA) is 43.9 Å². The Morgan fingerprint density at radius 1 is 1.00 bits per heavy atom. The van der Waals surface area contributed by atoms with Crippen LogP contribution in [0.25, 0.3) is 0 Å². The number of nitrogens with zero attached hydrogens (tertiary/aromatic N) is 3. The third-order valence-corrected chi connectivity index (χ3v) is 3.83. The smallest absolute Gasteiger partial charge is 0.319 e. The fraction of sp³-hybridized carbons (Fsp3) is 0.500. The van der Waals surface area contributed by atoms with Crippen molar-refractivity contribution < 1.29 is 9.59 Å². The van der Waals surface area contributed by atoms with E-state index >= 15 is 0 Å². The average molecular weight is 289 g/mol. The van der Waals surface area contributed by atoms with Gasteiger partial charge >= 0.3 is 6.03 Å². The zero-order valence-corrected chi connectivity index (χ0v) is 13.0. The average Bonchev–Trinajstić information content (AvgIpc) is 2.53. The maximum atomic E-state index is 12.4. The van der Waals surface area contributed by atoms with Gasteiger partial charge in [-0.05, 0) is 24.1 Å². The van der Waals surface area contributed by atoms with Gasteiger partial charge in [0.1, 0.15) is 0 Å². The van der Waals surface area contributed by atoms with Crippen LogP contribution < -0.4 is 0 Å². The molecule has 1 aromatic carbocycles. The summed E-state index contributed by atoms with van der Waals surface area (Å²) in [4.78, 5) is 29.5. The lowest BCUT2D eigenvalue weighted by atomic mass is 10.1. The Morgan fingerprint density at radius 2 is 1.52 bits per heavy atom. The standard InChI is InChI=1S/C16H23N3O2/c1-4-13-5-7-14(8-6-13)15(20)18-9-11-19(12-10-18)16(21)17(2)3/h5-8H,4,9-12H2,1-3H3. The summed E-state index contributed by atoms with van der Waals surface area (Å²) in [5.41, 5.74) is 1.95. The molecule has 0 N–H and O–H groups in total. The van der Waals surface area contributed by atoms with Crippen molar-refractivity contribution in [2.24, 2.45) is 0 Å². The molecule has 1 heterocycles. The van der Waals surface area contributed by atoms with Gasteiger partial charge in [0.2, 0.25) is 0 Å². The molecule has 21 heavy (non-hydrogen) atoms. The minimum atomic E-state index is 0.00870. The van der Waals surface area contributed by atoms with Crippen LogP contribution in [-0.4, -0.2) is 66.9 Å². The first kappa shape index (κ1) is 15.4. The molecule has 0 unspecified atom stereocenters. The second-order valence-corrected chi connectivity index (χ2v) is 5.51. The van der Waals surface area contributed by atoms with Crippen molar-refractivity contribution in [1.29, 1.82) is 0 Å². The van der Waals surface area contributed by atoms with Crippen LogP contribution in [0.1, 0.15) is 22.8 Å². The van der Waals surface area contributed by atoms with E-state index in [0.29, 0.717) is 26.2 Å². The number of hydrogen-bond acceptors (Lipinski definition) is 2. The molecular formula is C16H23N3O2. The molecule has 0 aromatic heterocycles. The van der Waals surface area contributed by atoms with E-state index in [-0.39, 0.29) is 11.9 Å². The lowest BCUT2D eigenvalue weighted by Crippen LogP contribution is -2.52. The number of hydrogen-bond donors (Lipinski definition) is 0. The van der Waals surface area contributed by atoms with Crippen LogP contribution in [0.2, 0.25) is 0 Å². The number of aryl methyl sites for hydroxylation is 1. The second-order valence-electron chi connectivity index (χ2n) is 5.51. The van der Waals surface area contributed by atoms with E-state index in [4.69, 9.17) is 0 Å². The number of urea groups is 1. The van der Waals surface area contributed by atoms with Crippen LogP contribution in [0.3, 0.4) is 0 Å². The van der Waals surface area contributed by atoms with E-state index < -0.39 is 0 Å². The van der Waals surface area contributed by atoms with Crippen molar-refractivity contribution >= 4 is 11.9 Å². The lowest BCUT2D eigenvalue weighted by Gasteiger charge is -2.36. The van der Waals surface area contributed by atoms with Gasteiger partial charge < -0.3 is 14.7 Å². The highest BCUT2D eigenvalue weighted by Crippen LogP contribution is 2.11. The first-order valence-corrected chi connectivity index (χ1v) is 7.37. The highest BCUT2D eigenvalue weighted by Gasteiger charge is 2.25. The molecule has 0 spiro atoms. The fourth-order valence-electron chi connectivity index (χ4n) is 2.45. The molecule has 0 bridgehead atoms. The summed E-state index contributed by atoms with van der Waals surface area (Å²) in [5.74, 6) is 0.0506. The van der Waals surface area contributed by atoms with E-state index in [1.54, 1.807) is 23.9 Å². The molecule has 1 aliphatic rings. The van der Waals surface area contributed by atoms with Gasteiger partial charge in [-0.25, -0.2) is 4.79 Å². The van der Waals surface area contributed by atoms with Gasteiger partial charge in [0, 0.05) is 45.8 Å². The number of benzene rings is 1. The number of carbonyl (C=O) groups excluding carboxylic acids is 2. The Balaban J connectivity index is 1.95. The van der Waals surface area contributed by atoms with Gasteiger partial charge in [0.05, 0.1) is 0 Å². The van der Waals surface area contributed by atoms with E-state index in [9.17, 15) is 9.59 Å². The zero-order chi connectivity index (χ0) is 15.4. The van der Waals surface area contributed by atoms with Crippen LogP contribution in [0, 0.1) is 0 Å². The fourth-order valence-corrected chi connectivity index (χ4v) is 2.45. The van der Waals surface area contributed by atoms with Gasteiger partial charge in [0.25, 0.3) is 5.91 Å². The first-order chi connectivity index (χ1) is 10.0. The van der Waals surface area contributed by atoms with Crippen LogP contribution >= 0.6 is 0 Å². The molecule has 1 aromatic rings. The lowest BCUT2D eigenvalue weighted by molar-refractivity contribution is 0.0650. The largest absolute Gasteiger partial charge is 0.335 e. The molecule has 0 saturated carbocycles. The SMILES string of the molecule is CCc1ccc(C(=O)N2CCN(C(=O)N(C)C)CC2)cc1. The molecule has 1 aliphatic heterocycles. The third-order valence-electron chi connectivity index (χ3n) is 3.83. The van der Waals surface area contributed by atoms with Gasteiger partial charge in [-0.3, -0.25) is 4.79 Å². The maximum Gasteiger partial charge on any atom is 0.319 e. The molecule has 1 saturated heterocycles. The molecule has 5 heteroatoms. The highest BCUT2D eigenvalue weighted by molar-refractivity contribution is 5.94. The molecule has 0 radical (unpaired) electrons. The number of piperazine rings is 1. The molecule has 0 atom stereocenters. The Labute approximate surface area is 126 Å². The Bertz CT molecular complexity index is 503. The summed E-state index contributed by atoms with van der Waals surface area (Å²) in [6, 6.07) is 7.78. The summed E-state index contributed by atoms with van der Waals surface area (Å²) in [5, 5.41) is 0. The van der Waals surface area contributed by atoms with Crippen LogP contribution in [0.15, 0.2) is 24.3 Å². The summed E-state index contributed by atoms with van der Waals surface area (Å²) in [6.45, 7) is 4.46. The molecule has 114 valence electrons. The predicted octanol–water partition coefficient (Wildman–Crippen LogP) is 1.69. The number of rotatable bonds is 2. The van der Waals surface area contributed by atoms with E-state index in [1.807, 2.05) is 29.2 Å². The Kier molecular flexibility index (Phi) is 4.83. The Morgan fingerprint density at radius 3 is 2.00 bits per heavy atom. The molecule has 5 nitrogen and oxygen atoms in total. The third kappa shape index (κ3) is 3.54. The Hall–Kier alpha value is -2.04. The van der Waals surface area contributed by atoms with E-state index in [1.165, 1.54) is 5.56 Å². The summed E-state index contributed by atoms with van der Waals surface area (Å²) in [7, 11) is 3.49. The minimum Gasteiger partial charge on any atom is -0.335 e. The molecular weight excluding hydrogens is 266 g/mol. The van der Waals surface area contributed by atoms with Crippen molar-refractivity contribution in [1.82, 2.24) is 14.7 Å². The van der Waals surface area contributed by atoms with Crippen LogP contribution in [0.4, 0.5) is 4.79 Å². The van der Waals surface area contributed by atoms with Crippen molar-refractivity contribution in [2.45, 2.75) is 13.3 Å². The molecule has 2 rings (SSSR count). The molecule has 1 fully saturated rings. The molecule has 3 amide bonds. The van der Waals surface area contributed by atoms with Crippen molar-refractivity contribution in [3.8, 4) is 0 Å². The first-order valence-electron chi connectivity index (χ1n) is 7.37. The van der Waals surface area contributed by atoms with Gasteiger partial charge in [-0.15, -0.1) is 0 Å². The highest BCUT2D eigenvalue weighted by atomic mass is 16.2. The normalized spacial score (nSPS) is 15.0. The summed E-state index contributed by atoms with van der Waals surface area (Å²) in [6.07, 6.45) is 0.972. The minimum absolute atomic E-state index is 0.00870. The van der Waals surface area contributed by atoms with E-state index in [0.717, 1.165) is 12.0 Å². The van der Waals surface area contributed by atoms with Crippen molar-refractivity contribution in [3.05, 3.63) is 35.4 Å². The van der Waals surface area contributed by atoms with E-state index in [2.05, 4.69) is 6.92 Å². The predicted molar refractivity (Wildman–Crippen MR) is 82.4 cm³/mol. The van der Waals surface area contributed by atoms with Crippen LogP contribution in [0.5, 0.6) is 0 Å². The summed E-state index contributed by atoms with van der Waals surface area (Å²) < 4.78 is 0. The second kappa shape index (κ2) is 6.61. The van der Waals surface area contributed by atoms with Crippen molar-refractivity contribution in [2.75, 3.05) is 40.3 Å². The van der Waals surface area contributed by atoms with Gasteiger partial charge in [-0.1, -0.05) is 19.1 Å². The summed E-state index contributed by atoms with van der Waals surface area (Å²) >= 11 is 0. The van der Waals surface area contributed by atoms with Crippen molar-refractivity contribution in [3.63, 3.8) is 0 Å². The van der Waals surface area contributed by atoms with Crippen LogP contribution in [-0.2, 0) is 6.42 Å². The number of amides is 3. The maximum absolute atomic E-state index is 12.4. The quantitative estimate of drug-likeness (QED) is 0.831. The van der Waals surface area contributed by atoms with Gasteiger partial charge in [0.15, 0.2) is 0 Å². The van der Waals surface area contributed by atoms with Gasteiger partial charge in [-0.2, -0.15) is 0 Å². The zero-order valence-electron chi connectivity index (χ0n) is 13.0. The monoisotopic (exact) mass is 289 g/mol. The number of carbonyl (C=O) groups is 2. The molecule has 0 aliphatic carbocycles.